The molecule has 0 unspecified atom stereocenters. The number of aryl methyl sites for hydroxylation is 1. The number of aromatic nitrogens is 2. The Morgan fingerprint density at radius 2 is 2.26 bits per heavy atom. The summed E-state index contributed by atoms with van der Waals surface area (Å²) in [6.07, 6.45) is 2.82. The number of piperidine rings is 1. The minimum absolute atomic E-state index is 0. The van der Waals surface area contributed by atoms with E-state index in [1.807, 2.05) is 11.4 Å². The van der Waals surface area contributed by atoms with Crippen molar-refractivity contribution in [1.82, 2.24) is 20.8 Å². The molecule has 6 nitrogen and oxygen atoms in total. The molecule has 9 heteroatoms. The molecule has 0 atom stereocenters. The molecule has 2 aromatic heterocycles. The van der Waals surface area contributed by atoms with Crippen molar-refractivity contribution >= 4 is 45.6 Å². The van der Waals surface area contributed by atoms with Crippen molar-refractivity contribution in [1.29, 1.82) is 0 Å². The van der Waals surface area contributed by atoms with Gasteiger partial charge in [-0.05, 0) is 47.9 Å². The number of hydrogen-bond acceptors (Lipinski definition) is 6. The van der Waals surface area contributed by atoms with Crippen LogP contribution in [-0.4, -0.2) is 35.2 Å². The third-order valence-corrected chi connectivity index (χ3v) is 5.21. The molecular formula is C14H18BrClN4O2S. The lowest BCUT2D eigenvalue weighted by Crippen LogP contribution is -2.42. The summed E-state index contributed by atoms with van der Waals surface area (Å²) in [6, 6.07) is 2.24. The second kappa shape index (κ2) is 8.77. The zero-order chi connectivity index (χ0) is 15.4. The third-order valence-electron chi connectivity index (χ3n) is 3.53. The number of carbonyl (C=O) groups excluding carboxylic acids is 1. The maximum Gasteiger partial charge on any atom is 0.227 e. The minimum atomic E-state index is 0. The molecule has 0 spiro atoms. The van der Waals surface area contributed by atoms with Crippen molar-refractivity contribution < 1.29 is 9.32 Å². The van der Waals surface area contributed by atoms with E-state index in [-0.39, 0.29) is 24.4 Å². The lowest BCUT2D eigenvalue weighted by molar-refractivity contribution is -0.122. The predicted octanol–water partition coefficient (Wildman–Crippen LogP) is 2.78. The normalized spacial score (nSPS) is 15.2. The molecule has 0 aliphatic carbocycles. The van der Waals surface area contributed by atoms with Crippen LogP contribution in [0.15, 0.2) is 20.4 Å². The van der Waals surface area contributed by atoms with Gasteiger partial charge in [0.1, 0.15) is 0 Å². The summed E-state index contributed by atoms with van der Waals surface area (Å²) < 4.78 is 6.21. The summed E-state index contributed by atoms with van der Waals surface area (Å²) in [6.45, 7) is 1.93. The van der Waals surface area contributed by atoms with Crippen LogP contribution in [0.4, 0.5) is 0 Å². The van der Waals surface area contributed by atoms with Gasteiger partial charge in [-0.3, -0.25) is 4.79 Å². The van der Waals surface area contributed by atoms with E-state index >= 15 is 0 Å². The molecule has 0 bridgehead atoms. The summed E-state index contributed by atoms with van der Waals surface area (Å²) in [5, 5.41) is 12.3. The fraction of sp³-hybridized carbons (Fsp3) is 0.500. The van der Waals surface area contributed by atoms with E-state index in [2.05, 4.69) is 36.7 Å². The average Bonchev–Trinajstić information content (AvgIpc) is 3.15. The zero-order valence-electron chi connectivity index (χ0n) is 12.4. The topological polar surface area (TPSA) is 80.0 Å². The average molecular weight is 422 g/mol. The van der Waals surface area contributed by atoms with Crippen molar-refractivity contribution in [2.75, 3.05) is 13.1 Å². The number of hydrogen-bond donors (Lipinski definition) is 2. The predicted molar refractivity (Wildman–Crippen MR) is 94.9 cm³/mol. The molecule has 1 amide bonds. The maximum absolute atomic E-state index is 11.9. The van der Waals surface area contributed by atoms with Gasteiger partial charge in [0, 0.05) is 28.7 Å². The van der Waals surface area contributed by atoms with Crippen LogP contribution in [0.3, 0.4) is 0 Å². The minimum Gasteiger partial charge on any atom is -0.353 e. The summed E-state index contributed by atoms with van der Waals surface area (Å²) in [4.78, 5) is 17.2. The van der Waals surface area contributed by atoms with Crippen LogP contribution in [0.25, 0.3) is 10.7 Å². The summed E-state index contributed by atoms with van der Waals surface area (Å²) in [7, 11) is 0. The number of nitrogens with one attached hydrogen (secondary N) is 2. The Labute approximate surface area is 153 Å². The van der Waals surface area contributed by atoms with Crippen LogP contribution in [-0.2, 0) is 11.2 Å². The SMILES string of the molecule is Cl.O=C(CCc1nc(-c2cc(Br)cs2)no1)NC1CCNCC1. The fourth-order valence-electron chi connectivity index (χ4n) is 2.37. The van der Waals surface area contributed by atoms with Gasteiger partial charge < -0.3 is 15.2 Å². The lowest BCUT2D eigenvalue weighted by Gasteiger charge is -2.23. The van der Waals surface area contributed by atoms with E-state index in [9.17, 15) is 4.79 Å². The van der Waals surface area contributed by atoms with Crippen molar-refractivity contribution in [2.45, 2.75) is 31.7 Å². The summed E-state index contributed by atoms with van der Waals surface area (Å²) in [5.74, 6) is 1.12. The zero-order valence-corrected chi connectivity index (χ0v) is 15.6. The highest BCUT2D eigenvalue weighted by molar-refractivity contribution is 9.10. The highest BCUT2D eigenvalue weighted by Gasteiger charge is 2.16. The molecule has 1 aliphatic rings. The van der Waals surface area contributed by atoms with Crippen LogP contribution in [0.2, 0.25) is 0 Å². The molecule has 1 fully saturated rings. The molecule has 2 aromatic rings. The second-order valence-corrected chi connectivity index (χ2v) is 7.06. The third kappa shape index (κ3) is 5.27. The van der Waals surface area contributed by atoms with Gasteiger partial charge in [-0.25, -0.2) is 0 Å². The first kappa shape index (κ1) is 18.4. The smallest absolute Gasteiger partial charge is 0.227 e. The van der Waals surface area contributed by atoms with E-state index in [1.165, 1.54) is 0 Å². The van der Waals surface area contributed by atoms with Crippen LogP contribution in [0.5, 0.6) is 0 Å². The highest BCUT2D eigenvalue weighted by Crippen LogP contribution is 2.27. The van der Waals surface area contributed by atoms with E-state index < -0.39 is 0 Å². The van der Waals surface area contributed by atoms with Gasteiger partial charge in [0.05, 0.1) is 4.88 Å². The van der Waals surface area contributed by atoms with E-state index in [0.29, 0.717) is 24.6 Å². The number of halogens is 2. The van der Waals surface area contributed by atoms with Crippen LogP contribution in [0.1, 0.15) is 25.2 Å². The number of thiophene rings is 1. The maximum atomic E-state index is 11.9. The van der Waals surface area contributed by atoms with Gasteiger partial charge in [0.2, 0.25) is 17.6 Å². The molecule has 3 heterocycles. The molecule has 1 aliphatic heterocycles. The van der Waals surface area contributed by atoms with Gasteiger partial charge in [-0.2, -0.15) is 4.98 Å². The van der Waals surface area contributed by atoms with Crippen molar-refractivity contribution in [3.05, 3.63) is 21.8 Å². The Morgan fingerprint density at radius 3 is 2.96 bits per heavy atom. The van der Waals surface area contributed by atoms with Crippen molar-refractivity contribution in [3.8, 4) is 10.7 Å². The number of carbonyl (C=O) groups is 1. The van der Waals surface area contributed by atoms with Crippen LogP contribution >= 0.6 is 39.7 Å². The lowest BCUT2D eigenvalue weighted by atomic mass is 10.1. The highest BCUT2D eigenvalue weighted by atomic mass is 79.9. The molecule has 0 saturated carbocycles. The van der Waals surface area contributed by atoms with Gasteiger partial charge in [-0.15, -0.1) is 23.7 Å². The van der Waals surface area contributed by atoms with E-state index in [0.717, 1.165) is 35.3 Å². The first-order valence-corrected chi connectivity index (χ1v) is 8.95. The molecule has 2 N–H and O–H groups in total. The fourth-order valence-corrected chi connectivity index (χ4v) is 3.73. The Balaban J connectivity index is 0.00000192. The van der Waals surface area contributed by atoms with Gasteiger partial charge >= 0.3 is 0 Å². The molecule has 0 aromatic carbocycles. The van der Waals surface area contributed by atoms with Crippen molar-refractivity contribution in [3.63, 3.8) is 0 Å². The molecule has 1 saturated heterocycles. The Morgan fingerprint density at radius 1 is 1.48 bits per heavy atom. The Kier molecular flexibility index (Phi) is 7.01. The first-order chi connectivity index (χ1) is 10.7. The summed E-state index contributed by atoms with van der Waals surface area (Å²) >= 11 is 4.95. The number of amides is 1. The molecule has 126 valence electrons. The molecule has 23 heavy (non-hydrogen) atoms. The van der Waals surface area contributed by atoms with Crippen LogP contribution in [0, 0.1) is 0 Å². The molecular weight excluding hydrogens is 404 g/mol. The monoisotopic (exact) mass is 420 g/mol. The van der Waals surface area contributed by atoms with Crippen molar-refractivity contribution in [2.24, 2.45) is 0 Å². The Hall–Kier alpha value is -0.960. The van der Waals surface area contributed by atoms with Crippen LogP contribution < -0.4 is 10.6 Å². The van der Waals surface area contributed by atoms with Gasteiger partial charge in [-0.1, -0.05) is 5.16 Å². The standard InChI is InChI=1S/C14H17BrN4O2S.ClH/c15-9-7-11(22-8-9)14-18-13(21-19-14)2-1-12(20)17-10-3-5-16-6-4-10;/h7-8,10,16H,1-6H2,(H,17,20);1H. The Bertz CT molecular complexity index is 642. The quantitative estimate of drug-likeness (QED) is 0.776. The largest absolute Gasteiger partial charge is 0.353 e. The van der Waals surface area contributed by atoms with E-state index in [4.69, 9.17) is 4.52 Å². The second-order valence-electron chi connectivity index (χ2n) is 5.23. The van der Waals surface area contributed by atoms with Gasteiger partial charge in [0.15, 0.2) is 0 Å². The van der Waals surface area contributed by atoms with E-state index in [1.54, 1.807) is 11.3 Å². The molecule has 3 rings (SSSR count). The number of nitrogens with zero attached hydrogens (tertiary/aromatic N) is 2. The first-order valence-electron chi connectivity index (χ1n) is 7.28. The summed E-state index contributed by atoms with van der Waals surface area (Å²) in [5.41, 5.74) is 0. The van der Waals surface area contributed by atoms with Gasteiger partial charge in [0.25, 0.3) is 0 Å². The number of rotatable bonds is 5. The molecule has 0 radical (unpaired) electrons.